The van der Waals surface area contributed by atoms with Gasteiger partial charge in [0.1, 0.15) is 5.82 Å². The van der Waals surface area contributed by atoms with Gasteiger partial charge in [0.05, 0.1) is 22.1 Å². The monoisotopic (exact) mass is 363 g/mol. The van der Waals surface area contributed by atoms with E-state index in [2.05, 4.69) is 10.3 Å². The van der Waals surface area contributed by atoms with Crippen LogP contribution < -0.4 is 10.2 Å². The fourth-order valence-corrected chi connectivity index (χ4v) is 3.73. The van der Waals surface area contributed by atoms with Crippen molar-refractivity contribution >= 4 is 23.3 Å². The molecule has 1 aromatic heterocycles. The van der Waals surface area contributed by atoms with E-state index in [9.17, 15) is 23.1 Å². The van der Waals surface area contributed by atoms with Crippen molar-refractivity contribution in [2.24, 2.45) is 5.41 Å². The molecule has 132 valence electrons. The van der Waals surface area contributed by atoms with Gasteiger partial charge >= 0.3 is 6.18 Å². The summed E-state index contributed by atoms with van der Waals surface area (Å²) >= 11 is 6.00. The third-order valence-corrected chi connectivity index (χ3v) is 5.05. The van der Waals surface area contributed by atoms with Crippen LogP contribution in [0, 0.1) is 5.41 Å². The van der Waals surface area contributed by atoms with E-state index in [1.165, 1.54) is 0 Å². The molecule has 5 nitrogen and oxygen atoms in total. The number of rotatable bonds is 1. The highest BCUT2D eigenvalue weighted by Crippen LogP contribution is 2.40. The lowest BCUT2D eigenvalue weighted by atomic mass is 9.71. The number of hydrogen-bond acceptors (Lipinski definition) is 4. The third-order valence-electron chi connectivity index (χ3n) is 4.77. The Morgan fingerprint density at radius 3 is 2.83 bits per heavy atom. The van der Waals surface area contributed by atoms with Crippen molar-refractivity contribution in [1.82, 2.24) is 10.3 Å². The summed E-state index contributed by atoms with van der Waals surface area (Å²) in [4.78, 5) is 17.9. The molecule has 0 unspecified atom stereocenters. The van der Waals surface area contributed by atoms with Gasteiger partial charge in [0.25, 0.3) is 0 Å². The number of nitrogens with zero attached hydrogens (tertiary/aromatic N) is 2. The first kappa shape index (κ1) is 17.3. The fraction of sp³-hybridized carbons (Fsp3) is 0.600. The second-order valence-corrected chi connectivity index (χ2v) is 6.68. The number of hydrogen-bond donors (Lipinski definition) is 2. The molecule has 1 aromatic rings. The molecule has 2 aliphatic heterocycles. The van der Waals surface area contributed by atoms with Gasteiger partial charge in [0, 0.05) is 25.8 Å². The Morgan fingerprint density at radius 2 is 2.21 bits per heavy atom. The Kier molecular flexibility index (Phi) is 4.37. The van der Waals surface area contributed by atoms with Crippen LogP contribution in [-0.2, 0) is 11.0 Å². The molecule has 2 N–H and O–H groups in total. The molecule has 9 heteroatoms. The average molecular weight is 364 g/mol. The highest BCUT2D eigenvalue weighted by atomic mass is 35.5. The summed E-state index contributed by atoms with van der Waals surface area (Å²) in [6.45, 7) is 1.11. The van der Waals surface area contributed by atoms with Crippen LogP contribution in [0.4, 0.5) is 19.0 Å². The number of halogens is 4. The molecule has 1 amide bonds. The zero-order chi connectivity index (χ0) is 17.5. The van der Waals surface area contributed by atoms with E-state index in [1.54, 1.807) is 4.90 Å². The van der Waals surface area contributed by atoms with Gasteiger partial charge in [-0.2, -0.15) is 13.2 Å². The summed E-state index contributed by atoms with van der Waals surface area (Å²) in [5.41, 5.74) is -1.89. The van der Waals surface area contributed by atoms with Gasteiger partial charge in [-0.3, -0.25) is 4.79 Å². The maximum Gasteiger partial charge on any atom is 0.417 e. The molecule has 0 bridgehead atoms. The van der Waals surface area contributed by atoms with Crippen molar-refractivity contribution in [2.75, 3.05) is 24.5 Å². The maximum atomic E-state index is 12.7. The lowest BCUT2D eigenvalue weighted by Crippen LogP contribution is -2.61. The van der Waals surface area contributed by atoms with Crippen molar-refractivity contribution in [1.29, 1.82) is 0 Å². The van der Waals surface area contributed by atoms with E-state index in [0.29, 0.717) is 25.9 Å². The van der Waals surface area contributed by atoms with Gasteiger partial charge in [-0.05, 0) is 25.3 Å². The van der Waals surface area contributed by atoms with Crippen LogP contribution in [0.3, 0.4) is 0 Å². The quantitative estimate of drug-likeness (QED) is 0.803. The lowest BCUT2D eigenvalue weighted by molar-refractivity contribution is -0.142. The predicted octanol–water partition coefficient (Wildman–Crippen LogP) is 2.22. The molecule has 2 aliphatic rings. The van der Waals surface area contributed by atoms with Crippen LogP contribution in [-0.4, -0.2) is 41.7 Å². The first-order valence-corrected chi connectivity index (χ1v) is 8.06. The minimum Gasteiger partial charge on any atom is -0.392 e. The number of alkyl halides is 3. The number of aromatic nitrogens is 1. The van der Waals surface area contributed by atoms with Crippen LogP contribution in [0.15, 0.2) is 12.3 Å². The Balaban J connectivity index is 1.89. The number of anilines is 1. The van der Waals surface area contributed by atoms with Crippen molar-refractivity contribution in [3.8, 4) is 0 Å². The molecule has 3 rings (SSSR count). The van der Waals surface area contributed by atoms with Gasteiger partial charge in [-0.25, -0.2) is 4.98 Å². The molecule has 2 atom stereocenters. The summed E-state index contributed by atoms with van der Waals surface area (Å²) in [5, 5.41) is 13.0. The van der Waals surface area contributed by atoms with Gasteiger partial charge in [0.2, 0.25) is 5.91 Å². The van der Waals surface area contributed by atoms with Crippen LogP contribution in [0.1, 0.15) is 24.8 Å². The van der Waals surface area contributed by atoms with Gasteiger partial charge < -0.3 is 15.3 Å². The summed E-state index contributed by atoms with van der Waals surface area (Å²) in [6, 6.07) is 0.836. The number of nitrogens with one attached hydrogen (secondary N) is 1. The average Bonchev–Trinajstić information content (AvgIpc) is 2.52. The Labute approximate surface area is 141 Å². The van der Waals surface area contributed by atoms with Gasteiger partial charge in [-0.15, -0.1) is 0 Å². The van der Waals surface area contributed by atoms with E-state index in [-0.39, 0.29) is 23.3 Å². The summed E-state index contributed by atoms with van der Waals surface area (Å²) in [5.74, 6) is -0.0247. The van der Waals surface area contributed by atoms with Gasteiger partial charge in [0.15, 0.2) is 0 Å². The Morgan fingerprint density at radius 1 is 1.46 bits per heavy atom. The first-order chi connectivity index (χ1) is 11.2. The molecular weight excluding hydrogens is 347 g/mol. The minimum atomic E-state index is -4.52. The number of piperidine rings is 2. The zero-order valence-corrected chi connectivity index (χ0v) is 13.5. The normalized spacial score (nSPS) is 28.1. The van der Waals surface area contributed by atoms with E-state index in [1.807, 2.05) is 0 Å². The largest absolute Gasteiger partial charge is 0.417 e. The SMILES string of the molecule is O=C1NCCC[C@]12CN(c1ncc(C(F)(F)F)cc1Cl)CC[C@@H]2O. The molecule has 0 radical (unpaired) electrons. The van der Waals surface area contributed by atoms with Crippen LogP contribution in [0.5, 0.6) is 0 Å². The van der Waals surface area contributed by atoms with Crippen LogP contribution in [0.25, 0.3) is 0 Å². The molecule has 0 saturated carbocycles. The van der Waals surface area contributed by atoms with E-state index < -0.39 is 23.3 Å². The summed E-state index contributed by atoms with van der Waals surface area (Å²) in [6.07, 6.45) is -2.98. The van der Waals surface area contributed by atoms with Crippen molar-refractivity contribution < 1.29 is 23.1 Å². The van der Waals surface area contributed by atoms with Crippen molar-refractivity contribution in [3.05, 3.63) is 22.8 Å². The Bertz CT molecular complexity index is 655. The molecule has 1 spiro atoms. The second kappa shape index (κ2) is 6.07. The lowest BCUT2D eigenvalue weighted by Gasteiger charge is -2.47. The van der Waals surface area contributed by atoms with Crippen molar-refractivity contribution in [3.63, 3.8) is 0 Å². The third kappa shape index (κ3) is 2.93. The molecule has 2 saturated heterocycles. The zero-order valence-electron chi connectivity index (χ0n) is 12.7. The van der Waals surface area contributed by atoms with Gasteiger partial charge in [-0.1, -0.05) is 11.6 Å². The van der Waals surface area contributed by atoms with Crippen LogP contribution in [0.2, 0.25) is 5.02 Å². The molecular formula is C15H17ClF3N3O2. The topological polar surface area (TPSA) is 65.5 Å². The van der Waals surface area contributed by atoms with Crippen LogP contribution >= 0.6 is 11.6 Å². The number of aliphatic hydroxyl groups excluding tert-OH is 1. The molecule has 0 aromatic carbocycles. The number of amides is 1. The van der Waals surface area contributed by atoms with E-state index in [0.717, 1.165) is 18.7 Å². The predicted molar refractivity (Wildman–Crippen MR) is 81.8 cm³/mol. The smallest absolute Gasteiger partial charge is 0.392 e. The maximum absolute atomic E-state index is 12.7. The first-order valence-electron chi connectivity index (χ1n) is 7.68. The molecule has 0 aliphatic carbocycles. The number of aliphatic hydroxyl groups is 1. The summed E-state index contributed by atoms with van der Waals surface area (Å²) in [7, 11) is 0. The van der Waals surface area contributed by atoms with E-state index >= 15 is 0 Å². The number of pyridine rings is 1. The second-order valence-electron chi connectivity index (χ2n) is 6.27. The molecule has 24 heavy (non-hydrogen) atoms. The van der Waals surface area contributed by atoms with E-state index in [4.69, 9.17) is 11.6 Å². The number of carbonyl (C=O) groups excluding carboxylic acids is 1. The standard InChI is InChI=1S/C15H17ClF3N3O2/c16-10-6-9(15(17,18)19)7-21-12(10)22-5-2-11(23)14(8-22)3-1-4-20-13(14)24/h6-7,11,23H,1-5,8H2,(H,20,24)/t11-,14+/m0/s1. The minimum absolute atomic E-state index is 0.118. The van der Waals surface area contributed by atoms with Crippen molar-refractivity contribution in [2.45, 2.75) is 31.5 Å². The number of carbonyl (C=O) groups is 1. The summed E-state index contributed by atoms with van der Waals surface area (Å²) < 4.78 is 38.2. The molecule has 3 heterocycles. The fourth-order valence-electron chi connectivity index (χ4n) is 3.44. The molecule has 2 fully saturated rings. The Hall–Kier alpha value is -1.54. The highest BCUT2D eigenvalue weighted by Gasteiger charge is 2.50. The highest BCUT2D eigenvalue weighted by molar-refractivity contribution is 6.33.